The van der Waals surface area contributed by atoms with Crippen LogP contribution in [-0.2, 0) is 4.79 Å². The molecular weight excluding hydrogens is 220 g/mol. The number of amides is 1. The molecule has 14 heavy (non-hydrogen) atoms. The molecule has 1 fully saturated rings. The minimum Gasteiger partial charge on any atom is -0.301 e. The van der Waals surface area contributed by atoms with Gasteiger partial charge in [-0.15, -0.1) is 22.9 Å². The zero-order valence-corrected chi connectivity index (χ0v) is 8.81. The Kier molecular flexibility index (Phi) is 2.44. The fraction of sp³-hybridized carbons (Fsp3) is 0.333. The summed E-state index contributed by atoms with van der Waals surface area (Å²) >= 11 is 7.20. The molecule has 5 heteroatoms. The number of rotatable bonds is 1. The lowest BCUT2D eigenvalue weighted by Gasteiger charge is -2.13. The molecule has 3 nitrogen and oxygen atoms in total. The Morgan fingerprint density at radius 2 is 2.50 bits per heavy atom. The fourth-order valence-electron chi connectivity index (χ4n) is 1.44. The summed E-state index contributed by atoms with van der Waals surface area (Å²) in [4.78, 5) is 13.2. The van der Waals surface area contributed by atoms with Gasteiger partial charge in [0.1, 0.15) is 16.4 Å². The number of carbonyl (C=O) groups excluding carboxylic acids is 1. The first-order valence-corrected chi connectivity index (χ1v) is 5.48. The second-order valence-electron chi connectivity index (χ2n) is 3.00. The van der Waals surface area contributed by atoms with Gasteiger partial charge in [0, 0.05) is 6.54 Å². The van der Waals surface area contributed by atoms with Gasteiger partial charge in [-0.2, -0.15) is 5.26 Å². The summed E-state index contributed by atoms with van der Waals surface area (Å²) in [5, 5.41) is 10.9. The van der Waals surface area contributed by atoms with Gasteiger partial charge in [-0.3, -0.25) is 4.79 Å². The molecule has 1 saturated heterocycles. The Morgan fingerprint density at radius 3 is 3.07 bits per heavy atom. The molecule has 0 bridgehead atoms. The minimum absolute atomic E-state index is 0.0920. The Labute approximate surface area is 90.5 Å². The molecule has 0 spiro atoms. The van der Waals surface area contributed by atoms with Gasteiger partial charge in [0.15, 0.2) is 0 Å². The lowest BCUT2D eigenvalue weighted by molar-refractivity contribution is -0.116. The topological polar surface area (TPSA) is 44.1 Å². The molecule has 1 aliphatic heterocycles. The van der Waals surface area contributed by atoms with E-state index >= 15 is 0 Å². The van der Waals surface area contributed by atoms with Crippen LogP contribution >= 0.6 is 22.9 Å². The highest BCUT2D eigenvalue weighted by Crippen LogP contribution is 2.31. The predicted molar refractivity (Wildman–Crippen MR) is 55.6 cm³/mol. The maximum absolute atomic E-state index is 11.6. The Morgan fingerprint density at radius 1 is 1.71 bits per heavy atom. The molecule has 1 unspecified atom stereocenters. The first-order valence-electron chi connectivity index (χ1n) is 4.17. The Bertz CT molecular complexity index is 409. The van der Waals surface area contributed by atoms with Crippen LogP contribution in [0.3, 0.4) is 0 Å². The number of carbonyl (C=O) groups is 1. The van der Waals surface area contributed by atoms with Crippen LogP contribution in [0, 0.1) is 11.3 Å². The standard InChI is InChI=1S/C9H7ClN2OS/c10-7-1-3-12(8(7)13)9-6(5-11)2-4-14-9/h2,4,7H,1,3H2. The number of hydrogen-bond acceptors (Lipinski definition) is 3. The highest BCUT2D eigenvalue weighted by Gasteiger charge is 2.32. The molecule has 0 radical (unpaired) electrons. The van der Waals surface area contributed by atoms with Gasteiger partial charge in [-0.1, -0.05) is 0 Å². The summed E-state index contributed by atoms with van der Waals surface area (Å²) in [6.45, 7) is 0.613. The summed E-state index contributed by atoms with van der Waals surface area (Å²) in [7, 11) is 0. The predicted octanol–water partition coefficient (Wildman–Crippen LogP) is 1.96. The van der Waals surface area contributed by atoms with Gasteiger partial charge in [0.2, 0.25) is 5.91 Å². The molecule has 1 amide bonds. The van der Waals surface area contributed by atoms with Crippen LogP contribution in [0.2, 0.25) is 0 Å². The molecule has 0 aliphatic carbocycles. The highest BCUT2D eigenvalue weighted by atomic mass is 35.5. The van der Waals surface area contributed by atoms with Crippen LogP contribution in [-0.4, -0.2) is 17.8 Å². The van der Waals surface area contributed by atoms with Gasteiger partial charge in [-0.05, 0) is 17.9 Å². The summed E-state index contributed by atoms with van der Waals surface area (Å²) < 4.78 is 0. The van der Waals surface area contributed by atoms with E-state index in [1.54, 1.807) is 11.0 Å². The van der Waals surface area contributed by atoms with Gasteiger partial charge in [0.05, 0.1) is 5.56 Å². The highest BCUT2D eigenvalue weighted by molar-refractivity contribution is 7.14. The molecule has 72 valence electrons. The molecule has 0 N–H and O–H groups in total. The minimum atomic E-state index is -0.427. The maximum atomic E-state index is 11.6. The van der Waals surface area contributed by atoms with Crippen molar-refractivity contribution >= 4 is 33.8 Å². The van der Waals surface area contributed by atoms with E-state index in [0.29, 0.717) is 18.5 Å². The number of thiophene rings is 1. The lowest BCUT2D eigenvalue weighted by atomic mass is 10.3. The van der Waals surface area contributed by atoms with Crippen molar-refractivity contribution in [1.82, 2.24) is 0 Å². The zero-order chi connectivity index (χ0) is 10.1. The summed E-state index contributed by atoms with van der Waals surface area (Å²) in [6.07, 6.45) is 0.656. The molecule has 2 heterocycles. The van der Waals surface area contributed by atoms with E-state index < -0.39 is 5.38 Å². The average Bonchev–Trinajstić information content (AvgIpc) is 2.75. The van der Waals surface area contributed by atoms with E-state index in [-0.39, 0.29) is 5.91 Å². The van der Waals surface area contributed by atoms with E-state index in [2.05, 4.69) is 6.07 Å². The van der Waals surface area contributed by atoms with Crippen molar-refractivity contribution in [3.05, 3.63) is 17.0 Å². The lowest BCUT2D eigenvalue weighted by Crippen LogP contribution is -2.26. The number of alkyl halides is 1. The second kappa shape index (κ2) is 3.60. The second-order valence-corrected chi connectivity index (χ2v) is 4.42. The summed E-state index contributed by atoms with van der Waals surface area (Å²) in [6, 6.07) is 3.78. The monoisotopic (exact) mass is 226 g/mol. The number of nitriles is 1. The van der Waals surface area contributed by atoms with Crippen LogP contribution in [0.4, 0.5) is 5.00 Å². The Hall–Kier alpha value is -1.05. The van der Waals surface area contributed by atoms with Crippen LogP contribution in [0.25, 0.3) is 0 Å². The molecule has 1 aromatic heterocycles. The molecule has 0 aromatic carbocycles. The van der Waals surface area contributed by atoms with Crippen molar-refractivity contribution < 1.29 is 4.79 Å². The van der Waals surface area contributed by atoms with Crippen molar-refractivity contribution in [3.8, 4) is 6.07 Å². The number of anilines is 1. The van der Waals surface area contributed by atoms with Crippen molar-refractivity contribution in [1.29, 1.82) is 5.26 Å². The third kappa shape index (κ3) is 1.39. The molecule has 1 atom stereocenters. The molecule has 1 aliphatic rings. The van der Waals surface area contributed by atoms with Gasteiger partial charge >= 0.3 is 0 Å². The molecular formula is C9H7ClN2OS. The molecule has 2 rings (SSSR count). The van der Waals surface area contributed by atoms with Gasteiger partial charge in [-0.25, -0.2) is 0 Å². The van der Waals surface area contributed by atoms with Crippen LogP contribution < -0.4 is 4.90 Å². The van der Waals surface area contributed by atoms with E-state index in [4.69, 9.17) is 16.9 Å². The van der Waals surface area contributed by atoms with Crippen LogP contribution in [0.15, 0.2) is 11.4 Å². The van der Waals surface area contributed by atoms with Gasteiger partial charge in [0.25, 0.3) is 0 Å². The average molecular weight is 227 g/mol. The number of nitrogens with zero attached hydrogens (tertiary/aromatic N) is 2. The normalized spacial score (nSPS) is 21.3. The Balaban J connectivity index is 2.33. The van der Waals surface area contributed by atoms with Crippen molar-refractivity contribution in [2.75, 3.05) is 11.4 Å². The van der Waals surface area contributed by atoms with Crippen molar-refractivity contribution in [2.45, 2.75) is 11.8 Å². The third-order valence-corrected chi connectivity index (χ3v) is 3.49. The summed E-state index contributed by atoms with van der Waals surface area (Å²) in [5.41, 5.74) is 0.550. The quantitative estimate of drug-likeness (QED) is 0.688. The van der Waals surface area contributed by atoms with E-state index in [1.807, 2.05) is 5.38 Å². The smallest absolute Gasteiger partial charge is 0.245 e. The van der Waals surface area contributed by atoms with Gasteiger partial charge < -0.3 is 4.90 Å². The molecule has 0 saturated carbocycles. The van der Waals surface area contributed by atoms with Crippen LogP contribution in [0.5, 0.6) is 0 Å². The third-order valence-electron chi connectivity index (χ3n) is 2.15. The first kappa shape index (κ1) is 9.50. The van der Waals surface area contributed by atoms with Crippen molar-refractivity contribution in [3.63, 3.8) is 0 Å². The first-order chi connectivity index (χ1) is 6.74. The molecule has 1 aromatic rings. The largest absolute Gasteiger partial charge is 0.301 e. The number of halogens is 1. The van der Waals surface area contributed by atoms with Crippen molar-refractivity contribution in [2.24, 2.45) is 0 Å². The van der Waals surface area contributed by atoms with Crippen LogP contribution in [0.1, 0.15) is 12.0 Å². The number of hydrogen-bond donors (Lipinski definition) is 0. The van der Waals surface area contributed by atoms with E-state index in [0.717, 1.165) is 5.00 Å². The summed E-state index contributed by atoms with van der Waals surface area (Å²) in [5.74, 6) is -0.0920. The SMILES string of the molecule is N#Cc1ccsc1N1CCC(Cl)C1=O. The fourth-order valence-corrected chi connectivity index (χ4v) is 2.54. The zero-order valence-electron chi connectivity index (χ0n) is 7.24. The van der Waals surface area contributed by atoms with E-state index in [9.17, 15) is 4.79 Å². The van der Waals surface area contributed by atoms with E-state index in [1.165, 1.54) is 11.3 Å². The maximum Gasteiger partial charge on any atom is 0.245 e.